The lowest BCUT2D eigenvalue weighted by Gasteiger charge is -2.31. The van der Waals surface area contributed by atoms with E-state index in [0.29, 0.717) is 18.0 Å². The summed E-state index contributed by atoms with van der Waals surface area (Å²) in [5, 5.41) is 10.1. The topological polar surface area (TPSA) is 79.7 Å². The van der Waals surface area contributed by atoms with E-state index in [1.807, 2.05) is 31.2 Å². The molecule has 2 aromatic heterocycles. The molecule has 3 aromatic rings. The summed E-state index contributed by atoms with van der Waals surface area (Å²) in [4.78, 5) is 30.0. The van der Waals surface area contributed by atoms with Gasteiger partial charge in [-0.05, 0) is 68.0 Å². The maximum Gasteiger partial charge on any atom is 0.310 e. The van der Waals surface area contributed by atoms with Crippen molar-refractivity contribution >= 4 is 35.0 Å². The van der Waals surface area contributed by atoms with Gasteiger partial charge in [0.2, 0.25) is 0 Å². The highest BCUT2D eigenvalue weighted by Gasteiger charge is 2.41. The van der Waals surface area contributed by atoms with E-state index in [1.54, 1.807) is 38.2 Å². The Morgan fingerprint density at radius 2 is 2.05 bits per heavy atom. The Bertz CT molecular complexity index is 1320. The molecule has 1 N–H and O–H groups in total. The van der Waals surface area contributed by atoms with Crippen molar-refractivity contribution in [3.05, 3.63) is 75.0 Å². The zero-order chi connectivity index (χ0) is 26.9. The molecule has 0 aliphatic carbocycles. The Morgan fingerprint density at radius 1 is 1.30 bits per heavy atom. The van der Waals surface area contributed by atoms with Crippen LogP contribution in [0.2, 0.25) is 0 Å². The molecule has 0 bridgehead atoms. The lowest BCUT2D eigenvalue weighted by atomic mass is 9.73. The number of hydrogen-bond acceptors (Lipinski definition) is 7. The van der Waals surface area contributed by atoms with E-state index >= 15 is 0 Å². The van der Waals surface area contributed by atoms with E-state index in [-0.39, 0.29) is 16.8 Å². The van der Waals surface area contributed by atoms with Crippen molar-refractivity contribution in [1.82, 2.24) is 9.29 Å². The number of pyridine rings is 1. The molecule has 0 radical (unpaired) electrons. The zero-order valence-corrected chi connectivity index (χ0v) is 23.2. The van der Waals surface area contributed by atoms with Gasteiger partial charge in [-0.25, -0.2) is 8.70 Å². The van der Waals surface area contributed by atoms with E-state index in [0.717, 1.165) is 45.1 Å². The maximum absolute atomic E-state index is 14.6. The van der Waals surface area contributed by atoms with Crippen LogP contribution in [0.5, 0.6) is 5.75 Å². The summed E-state index contributed by atoms with van der Waals surface area (Å²) in [5.74, 6) is -1.78. The number of Topliss-reactive ketones (excluding diaryl/α,β-unsaturated/α-hetero) is 1. The lowest BCUT2D eigenvalue weighted by molar-refractivity contribution is -0.147. The molecule has 1 aromatic carbocycles. The van der Waals surface area contributed by atoms with Gasteiger partial charge in [-0.15, -0.1) is 11.3 Å². The van der Waals surface area contributed by atoms with Crippen LogP contribution in [0, 0.1) is 18.2 Å². The van der Waals surface area contributed by atoms with Crippen molar-refractivity contribution in [2.75, 3.05) is 6.54 Å². The van der Waals surface area contributed by atoms with E-state index < -0.39 is 23.1 Å². The van der Waals surface area contributed by atoms with Crippen LogP contribution in [0.1, 0.15) is 71.3 Å². The van der Waals surface area contributed by atoms with Gasteiger partial charge in [0.15, 0.2) is 5.78 Å². The molecule has 6 nitrogen and oxygen atoms in total. The minimum Gasteiger partial charge on any atom is -0.488 e. The second kappa shape index (κ2) is 10.9. The summed E-state index contributed by atoms with van der Waals surface area (Å²) >= 11 is 2.63. The van der Waals surface area contributed by atoms with Crippen molar-refractivity contribution in [1.29, 1.82) is 0 Å². The highest BCUT2D eigenvalue weighted by molar-refractivity contribution is 7.97. The number of carboxylic acid groups (broad SMARTS) is 1. The number of ketones is 1. The molecule has 0 saturated heterocycles. The fourth-order valence-electron chi connectivity index (χ4n) is 4.52. The lowest BCUT2D eigenvalue weighted by Crippen LogP contribution is -2.32. The van der Waals surface area contributed by atoms with Crippen molar-refractivity contribution in [3.8, 4) is 5.75 Å². The number of benzene rings is 1. The SMILES string of the molecule is CC[C@@H]1CN(Cc2cc(C(c3cc(F)c(C(C)=O)s3)C(C)(C)C(=O)O)ccc2C)Sc2cnccc2O1. The van der Waals surface area contributed by atoms with Gasteiger partial charge in [0.25, 0.3) is 0 Å². The molecule has 3 heterocycles. The van der Waals surface area contributed by atoms with Crippen LogP contribution < -0.4 is 4.74 Å². The van der Waals surface area contributed by atoms with Crippen molar-refractivity contribution in [2.45, 2.75) is 64.5 Å². The van der Waals surface area contributed by atoms with E-state index in [4.69, 9.17) is 4.74 Å². The Morgan fingerprint density at radius 3 is 2.70 bits per heavy atom. The smallest absolute Gasteiger partial charge is 0.310 e. The first-order valence-corrected chi connectivity index (χ1v) is 13.8. The van der Waals surface area contributed by atoms with Gasteiger partial charge >= 0.3 is 5.97 Å². The number of aromatic nitrogens is 1. The molecular formula is C28H31FN2O4S2. The molecule has 9 heteroatoms. The molecule has 0 spiro atoms. The number of hydrogen-bond donors (Lipinski definition) is 1. The number of rotatable bonds is 8. The van der Waals surface area contributed by atoms with Crippen molar-refractivity contribution < 1.29 is 23.8 Å². The minimum atomic E-state index is -1.24. The van der Waals surface area contributed by atoms with Gasteiger partial charge < -0.3 is 9.84 Å². The average Bonchev–Trinajstić information content (AvgIpc) is 3.12. The van der Waals surface area contributed by atoms with Gasteiger partial charge in [-0.3, -0.25) is 14.6 Å². The van der Waals surface area contributed by atoms with Gasteiger partial charge in [0.05, 0.1) is 10.3 Å². The molecule has 2 atom stereocenters. The summed E-state index contributed by atoms with van der Waals surface area (Å²) in [6, 6.07) is 9.11. The maximum atomic E-state index is 14.6. The second-order valence-electron chi connectivity index (χ2n) is 9.91. The van der Waals surface area contributed by atoms with Crippen LogP contribution in [0.4, 0.5) is 4.39 Å². The zero-order valence-electron chi connectivity index (χ0n) is 21.6. The highest BCUT2D eigenvalue weighted by atomic mass is 32.2. The first-order valence-electron chi connectivity index (χ1n) is 12.2. The number of fused-ring (bicyclic) bond motifs is 1. The van der Waals surface area contributed by atoms with Gasteiger partial charge in [-0.1, -0.05) is 25.1 Å². The normalized spacial score (nSPS) is 17.0. The van der Waals surface area contributed by atoms with Gasteiger partial charge in [-0.2, -0.15) is 0 Å². The molecule has 0 saturated carbocycles. The van der Waals surface area contributed by atoms with E-state index in [1.165, 1.54) is 13.0 Å². The van der Waals surface area contributed by atoms with Crippen molar-refractivity contribution in [3.63, 3.8) is 0 Å². The van der Waals surface area contributed by atoms with Gasteiger partial charge in [0, 0.05) is 43.2 Å². The molecule has 1 aliphatic heterocycles. The summed E-state index contributed by atoms with van der Waals surface area (Å²) < 4.78 is 23.1. The average molecular weight is 543 g/mol. The summed E-state index contributed by atoms with van der Waals surface area (Å²) in [6.45, 7) is 10.0. The van der Waals surface area contributed by atoms with Crippen LogP contribution in [0.3, 0.4) is 0 Å². The molecule has 0 fully saturated rings. The number of halogens is 1. The van der Waals surface area contributed by atoms with Crippen LogP contribution in [-0.2, 0) is 11.3 Å². The van der Waals surface area contributed by atoms with Crippen LogP contribution in [-0.4, -0.2) is 38.8 Å². The third kappa shape index (κ3) is 5.73. The largest absolute Gasteiger partial charge is 0.488 e. The third-order valence-electron chi connectivity index (χ3n) is 6.77. The third-order valence-corrected chi connectivity index (χ3v) is 9.08. The molecule has 1 unspecified atom stereocenters. The molecule has 37 heavy (non-hydrogen) atoms. The summed E-state index contributed by atoms with van der Waals surface area (Å²) in [5.41, 5.74) is 1.65. The number of aryl methyl sites for hydroxylation is 1. The fraction of sp³-hybridized carbons (Fsp3) is 0.393. The number of thiophene rings is 1. The van der Waals surface area contributed by atoms with Gasteiger partial charge in [0.1, 0.15) is 22.5 Å². The quantitative estimate of drug-likeness (QED) is 0.250. The Kier molecular flexibility index (Phi) is 8.06. The standard InChI is InChI=1S/C28H31FN2O4S2/c1-6-20-15-31(37-24-13-30-10-9-22(24)35-20)14-19-11-18(8-7-16(19)2)25(28(4,5)27(33)34)23-12-21(29)26(36-23)17(3)32/h7-13,20,25H,6,14-15H2,1-5H3,(H,33,34)/t20-,25?/m1/s1. The first-order chi connectivity index (χ1) is 17.5. The van der Waals surface area contributed by atoms with Crippen LogP contribution >= 0.6 is 23.3 Å². The number of nitrogens with zero attached hydrogens (tertiary/aromatic N) is 2. The molecule has 4 rings (SSSR count). The number of carbonyl (C=O) groups is 2. The van der Waals surface area contributed by atoms with Crippen LogP contribution in [0.15, 0.2) is 47.6 Å². The number of aliphatic carboxylic acids is 1. The predicted molar refractivity (Wildman–Crippen MR) is 144 cm³/mol. The van der Waals surface area contributed by atoms with Crippen LogP contribution in [0.25, 0.3) is 0 Å². The predicted octanol–water partition coefficient (Wildman–Crippen LogP) is 6.72. The summed E-state index contributed by atoms with van der Waals surface area (Å²) in [7, 11) is 0. The second-order valence-corrected chi connectivity index (χ2v) is 12.1. The Hall–Kier alpha value is -2.75. The Balaban J connectivity index is 1.73. The Labute approximate surface area is 225 Å². The molecule has 0 amide bonds. The number of carboxylic acids is 1. The molecular weight excluding hydrogens is 511 g/mol. The molecule has 1 aliphatic rings. The van der Waals surface area contributed by atoms with E-state index in [2.05, 4.69) is 16.2 Å². The molecule has 196 valence electrons. The van der Waals surface area contributed by atoms with E-state index in [9.17, 15) is 19.1 Å². The fourth-order valence-corrected chi connectivity index (χ4v) is 6.81. The highest BCUT2D eigenvalue weighted by Crippen LogP contribution is 2.45. The monoisotopic (exact) mass is 542 g/mol. The first kappa shape index (κ1) is 27.3. The number of carbonyl (C=O) groups excluding carboxylic acids is 1. The van der Waals surface area contributed by atoms with Crippen molar-refractivity contribution in [2.24, 2.45) is 5.41 Å². The minimum absolute atomic E-state index is 0.0207. The summed E-state index contributed by atoms with van der Waals surface area (Å²) in [6.07, 6.45) is 4.41. The number of ether oxygens (including phenoxy) is 1.